The average Bonchev–Trinajstić information content (AvgIpc) is 3.19. The Kier molecular flexibility index (Phi) is 7.44. The SMILES string of the molecule is C=N/C(=C\SCNC1=NCCCN1)c1csc(-c2ccccc2COC)n1. The summed E-state index contributed by atoms with van der Waals surface area (Å²) in [5, 5.41) is 11.5. The van der Waals surface area contributed by atoms with Crippen LogP contribution in [-0.2, 0) is 11.3 Å². The molecule has 0 bridgehead atoms. The van der Waals surface area contributed by atoms with Gasteiger partial charge in [0.2, 0.25) is 0 Å². The molecule has 1 aromatic heterocycles. The van der Waals surface area contributed by atoms with Crippen molar-refractivity contribution in [2.24, 2.45) is 9.98 Å². The lowest BCUT2D eigenvalue weighted by Crippen LogP contribution is -2.40. The third-order valence-electron chi connectivity index (χ3n) is 3.90. The van der Waals surface area contributed by atoms with Gasteiger partial charge in [-0.25, -0.2) is 4.98 Å². The number of thioether (sulfide) groups is 1. The molecule has 0 amide bonds. The summed E-state index contributed by atoms with van der Waals surface area (Å²) in [5.41, 5.74) is 3.82. The van der Waals surface area contributed by atoms with Crippen molar-refractivity contribution in [3.63, 3.8) is 0 Å². The van der Waals surface area contributed by atoms with Gasteiger partial charge in [0.15, 0.2) is 5.96 Å². The van der Waals surface area contributed by atoms with Gasteiger partial charge in [-0.2, -0.15) is 0 Å². The molecule has 3 rings (SSSR count). The van der Waals surface area contributed by atoms with Crippen LogP contribution in [0.3, 0.4) is 0 Å². The van der Waals surface area contributed by atoms with Crippen molar-refractivity contribution in [3.8, 4) is 10.6 Å². The topological polar surface area (TPSA) is 70.9 Å². The molecular formula is C19H23N5OS2. The van der Waals surface area contributed by atoms with Crippen molar-refractivity contribution in [3.05, 3.63) is 46.3 Å². The van der Waals surface area contributed by atoms with E-state index in [9.17, 15) is 0 Å². The molecule has 142 valence electrons. The Hall–Kier alpha value is -2.16. The fourth-order valence-electron chi connectivity index (χ4n) is 2.59. The Morgan fingerprint density at radius 1 is 1.48 bits per heavy atom. The van der Waals surface area contributed by atoms with E-state index in [0.717, 1.165) is 53.0 Å². The molecule has 0 atom stereocenters. The summed E-state index contributed by atoms with van der Waals surface area (Å²) >= 11 is 3.21. The summed E-state index contributed by atoms with van der Waals surface area (Å²) in [5.74, 6) is 1.57. The number of hydrogen-bond acceptors (Lipinski definition) is 8. The Balaban J connectivity index is 1.66. The summed E-state index contributed by atoms with van der Waals surface area (Å²) in [4.78, 5) is 13.3. The van der Waals surface area contributed by atoms with E-state index in [0.29, 0.717) is 12.5 Å². The monoisotopic (exact) mass is 401 g/mol. The van der Waals surface area contributed by atoms with Crippen LogP contribution in [0.4, 0.5) is 0 Å². The van der Waals surface area contributed by atoms with E-state index in [4.69, 9.17) is 9.72 Å². The van der Waals surface area contributed by atoms with Gasteiger partial charge in [0.1, 0.15) is 10.7 Å². The number of aromatic nitrogens is 1. The molecule has 0 aliphatic carbocycles. The van der Waals surface area contributed by atoms with Crippen molar-refractivity contribution in [1.82, 2.24) is 15.6 Å². The molecule has 0 spiro atoms. The van der Waals surface area contributed by atoms with E-state index in [1.54, 1.807) is 30.2 Å². The fraction of sp³-hybridized carbons (Fsp3) is 0.316. The van der Waals surface area contributed by atoms with E-state index < -0.39 is 0 Å². The van der Waals surface area contributed by atoms with Crippen LogP contribution in [-0.4, -0.2) is 43.7 Å². The molecule has 0 saturated carbocycles. The molecule has 6 nitrogen and oxygen atoms in total. The quantitative estimate of drug-likeness (QED) is 0.402. The number of nitrogens with one attached hydrogen (secondary N) is 2. The van der Waals surface area contributed by atoms with Crippen LogP contribution < -0.4 is 10.6 Å². The lowest BCUT2D eigenvalue weighted by atomic mass is 10.1. The van der Waals surface area contributed by atoms with Crippen LogP contribution in [0.2, 0.25) is 0 Å². The first-order valence-electron chi connectivity index (χ1n) is 8.65. The molecule has 8 heteroatoms. The second kappa shape index (κ2) is 10.2. The number of thiazole rings is 1. The summed E-state index contributed by atoms with van der Waals surface area (Å²) < 4.78 is 5.29. The maximum atomic E-state index is 5.29. The lowest BCUT2D eigenvalue weighted by molar-refractivity contribution is 0.185. The van der Waals surface area contributed by atoms with Crippen molar-refractivity contribution < 1.29 is 4.74 Å². The second-order valence-electron chi connectivity index (χ2n) is 5.79. The third-order valence-corrected chi connectivity index (χ3v) is 5.48. The fourth-order valence-corrected chi connectivity index (χ4v) is 4.12. The van der Waals surface area contributed by atoms with Gasteiger partial charge in [0, 0.05) is 36.6 Å². The first-order chi connectivity index (χ1) is 13.3. The van der Waals surface area contributed by atoms with Gasteiger partial charge in [-0.1, -0.05) is 24.3 Å². The molecule has 0 unspecified atom stereocenters. The Morgan fingerprint density at radius 3 is 3.15 bits per heavy atom. The molecule has 2 N–H and O–H groups in total. The second-order valence-corrected chi connectivity index (χ2v) is 7.50. The minimum absolute atomic E-state index is 0.562. The maximum absolute atomic E-state index is 5.29. The van der Waals surface area contributed by atoms with Gasteiger partial charge in [-0.05, 0) is 18.7 Å². The zero-order valence-corrected chi connectivity index (χ0v) is 16.9. The van der Waals surface area contributed by atoms with Crippen LogP contribution in [0.25, 0.3) is 16.3 Å². The third kappa shape index (κ3) is 5.41. The van der Waals surface area contributed by atoms with Crippen molar-refractivity contribution in [2.75, 3.05) is 26.1 Å². The van der Waals surface area contributed by atoms with Crippen LogP contribution in [0, 0.1) is 0 Å². The zero-order valence-electron chi connectivity index (χ0n) is 15.3. The molecular weight excluding hydrogens is 378 g/mol. The number of nitrogens with zero attached hydrogens (tertiary/aromatic N) is 3. The number of methoxy groups -OCH3 is 1. The standard InChI is InChI=1S/C19H23N5OS2/c1-20-16(11-26-13-23-19-21-8-5-9-22-19)17-12-27-18(24-17)15-7-4-3-6-14(15)10-25-2/h3-4,6-7,11-12H,1,5,8-10,13H2,2H3,(H2,21,22,23)/b16-11-. The molecule has 1 aliphatic heterocycles. The van der Waals surface area contributed by atoms with Gasteiger partial charge >= 0.3 is 0 Å². The van der Waals surface area contributed by atoms with Crippen molar-refractivity contribution in [2.45, 2.75) is 13.0 Å². The normalized spacial score (nSPS) is 14.4. The van der Waals surface area contributed by atoms with Gasteiger partial charge in [0.05, 0.1) is 18.2 Å². The first-order valence-corrected chi connectivity index (χ1v) is 10.6. The summed E-state index contributed by atoms with van der Waals surface area (Å²) in [6, 6.07) is 8.16. The highest BCUT2D eigenvalue weighted by Crippen LogP contribution is 2.30. The summed E-state index contributed by atoms with van der Waals surface area (Å²) in [6.45, 7) is 6.10. The van der Waals surface area contributed by atoms with Crippen LogP contribution in [0.5, 0.6) is 0 Å². The highest BCUT2D eigenvalue weighted by atomic mass is 32.2. The van der Waals surface area contributed by atoms with E-state index in [1.165, 1.54) is 0 Å². The number of aliphatic imine (C=N–C) groups is 2. The average molecular weight is 402 g/mol. The van der Waals surface area contributed by atoms with E-state index in [2.05, 4.69) is 39.5 Å². The number of hydrogen-bond donors (Lipinski definition) is 2. The largest absolute Gasteiger partial charge is 0.380 e. The van der Waals surface area contributed by atoms with E-state index in [1.807, 2.05) is 22.9 Å². The maximum Gasteiger partial charge on any atom is 0.191 e. The molecule has 0 radical (unpaired) electrons. The van der Waals surface area contributed by atoms with Crippen LogP contribution in [0.1, 0.15) is 17.7 Å². The molecule has 2 aromatic rings. The molecule has 27 heavy (non-hydrogen) atoms. The predicted octanol–water partition coefficient (Wildman–Crippen LogP) is 3.59. The highest BCUT2D eigenvalue weighted by molar-refractivity contribution is 8.02. The molecule has 0 saturated heterocycles. The number of ether oxygens (including phenoxy) is 1. The van der Waals surface area contributed by atoms with Crippen LogP contribution >= 0.6 is 23.1 Å². The lowest BCUT2D eigenvalue weighted by Gasteiger charge is -2.15. The number of guanidine groups is 1. The number of benzene rings is 1. The smallest absolute Gasteiger partial charge is 0.191 e. The minimum atomic E-state index is 0.562. The van der Waals surface area contributed by atoms with E-state index >= 15 is 0 Å². The minimum Gasteiger partial charge on any atom is -0.380 e. The molecule has 1 aliphatic rings. The number of rotatable bonds is 8. The van der Waals surface area contributed by atoms with Crippen LogP contribution in [0.15, 0.2) is 45.0 Å². The van der Waals surface area contributed by atoms with Gasteiger partial charge in [0.25, 0.3) is 0 Å². The van der Waals surface area contributed by atoms with E-state index in [-0.39, 0.29) is 0 Å². The highest BCUT2D eigenvalue weighted by Gasteiger charge is 2.11. The van der Waals surface area contributed by atoms with Gasteiger partial charge in [-0.15, -0.1) is 23.1 Å². The molecule has 0 fully saturated rings. The Bertz CT molecular complexity index is 831. The molecule has 2 heterocycles. The summed E-state index contributed by atoms with van der Waals surface area (Å²) in [7, 11) is 1.70. The van der Waals surface area contributed by atoms with Crippen molar-refractivity contribution >= 4 is 41.5 Å². The van der Waals surface area contributed by atoms with Gasteiger partial charge in [-0.3, -0.25) is 9.98 Å². The molecule has 1 aromatic carbocycles. The Morgan fingerprint density at radius 2 is 2.37 bits per heavy atom. The van der Waals surface area contributed by atoms with Gasteiger partial charge < -0.3 is 15.4 Å². The first kappa shape index (κ1) is 19.6. The van der Waals surface area contributed by atoms with Crippen molar-refractivity contribution in [1.29, 1.82) is 0 Å². The Labute approximate surface area is 167 Å². The summed E-state index contributed by atoms with van der Waals surface area (Å²) in [6.07, 6.45) is 1.09. The predicted molar refractivity (Wildman–Crippen MR) is 116 cm³/mol. The zero-order chi connectivity index (χ0) is 18.9.